The van der Waals surface area contributed by atoms with E-state index in [0.29, 0.717) is 23.2 Å². The molecule has 0 aliphatic rings. The van der Waals surface area contributed by atoms with Crippen LogP contribution >= 0.6 is 0 Å². The van der Waals surface area contributed by atoms with Crippen LogP contribution in [0.2, 0.25) is 0 Å². The number of nitrogen functional groups attached to an aromatic ring is 1. The average Bonchev–Trinajstić information content (AvgIpc) is 2.36. The fourth-order valence-electron chi connectivity index (χ4n) is 1.92. The van der Waals surface area contributed by atoms with Crippen LogP contribution in [0.5, 0.6) is 0 Å². The third kappa shape index (κ3) is 3.15. The van der Waals surface area contributed by atoms with Crippen LogP contribution < -0.4 is 11.1 Å². The summed E-state index contributed by atoms with van der Waals surface area (Å²) in [5.74, 6) is 0.0879. The topological polar surface area (TPSA) is 64.3 Å². The van der Waals surface area contributed by atoms with Crippen LogP contribution in [0.3, 0.4) is 0 Å². The van der Waals surface area contributed by atoms with Gasteiger partial charge in [0.15, 0.2) is 0 Å². The summed E-state index contributed by atoms with van der Waals surface area (Å²) >= 11 is 0. The van der Waals surface area contributed by atoms with E-state index in [4.69, 9.17) is 10.5 Å². The van der Waals surface area contributed by atoms with Gasteiger partial charge in [0, 0.05) is 6.04 Å². The van der Waals surface area contributed by atoms with E-state index in [0.717, 1.165) is 12.1 Å². The Labute approximate surface area is 109 Å². The first-order chi connectivity index (χ1) is 8.51. The molecule has 0 radical (unpaired) electrons. The number of hydrogen-bond donors (Lipinski definition) is 2. The Hall–Kier alpha value is -1.71. The van der Waals surface area contributed by atoms with Gasteiger partial charge in [0.2, 0.25) is 0 Å². The van der Waals surface area contributed by atoms with Crippen molar-refractivity contribution in [2.45, 2.75) is 33.2 Å². The number of rotatable bonds is 5. The molecule has 1 unspecified atom stereocenters. The van der Waals surface area contributed by atoms with Gasteiger partial charge in [-0.05, 0) is 24.5 Å². The van der Waals surface area contributed by atoms with Crippen molar-refractivity contribution in [2.24, 2.45) is 5.92 Å². The molecule has 0 aromatic heterocycles. The molecule has 0 bridgehead atoms. The number of nitrogens with two attached hydrogens (primary N) is 1. The van der Waals surface area contributed by atoms with E-state index in [2.05, 4.69) is 26.1 Å². The summed E-state index contributed by atoms with van der Waals surface area (Å²) < 4.78 is 4.70. The zero-order chi connectivity index (χ0) is 13.7. The van der Waals surface area contributed by atoms with Crippen molar-refractivity contribution in [1.82, 2.24) is 0 Å². The third-order valence-corrected chi connectivity index (χ3v) is 3.10. The molecule has 3 N–H and O–H groups in total. The molecule has 1 aromatic carbocycles. The van der Waals surface area contributed by atoms with E-state index in [-0.39, 0.29) is 0 Å². The number of nitrogens with one attached hydrogen (secondary N) is 1. The summed E-state index contributed by atoms with van der Waals surface area (Å²) in [6.45, 7) is 6.43. The van der Waals surface area contributed by atoms with Crippen molar-refractivity contribution in [1.29, 1.82) is 0 Å². The molecule has 0 spiro atoms. The number of esters is 1. The van der Waals surface area contributed by atoms with Gasteiger partial charge >= 0.3 is 5.97 Å². The van der Waals surface area contributed by atoms with Crippen molar-refractivity contribution in [3.05, 3.63) is 23.8 Å². The Bertz CT molecular complexity index is 416. The van der Waals surface area contributed by atoms with Crippen LogP contribution in [0, 0.1) is 5.92 Å². The minimum absolute atomic E-state index is 0.334. The molecule has 4 nitrogen and oxygen atoms in total. The average molecular weight is 250 g/mol. The molecule has 0 aliphatic heterocycles. The number of ether oxygens (including phenoxy) is 1. The molecule has 4 heteroatoms. The summed E-state index contributed by atoms with van der Waals surface area (Å²) in [5, 5.41) is 3.38. The normalized spacial score (nSPS) is 12.3. The van der Waals surface area contributed by atoms with Gasteiger partial charge in [-0.25, -0.2) is 4.79 Å². The van der Waals surface area contributed by atoms with Gasteiger partial charge in [0.1, 0.15) is 0 Å². The molecule has 0 amide bonds. The van der Waals surface area contributed by atoms with Gasteiger partial charge in [-0.2, -0.15) is 0 Å². The third-order valence-electron chi connectivity index (χ3n) is 3.10. The summed E-state index contributed by atoms with van der Waals surface area (Å²) in [6.07, 6.45) is 1.000. The van der Waals surface area contributed by atoms with Crippen LogP contribution in [0.15, 0.2) is 18.2 Å². The molecular weight excluding hydrogens is 228 g/mol. The SMILES string of the molecule is CCC(Nc1cccc(C(=O)OC)c1N)C(C)C. The lowest BCUT2D eigenvalue weighted by Crippen LogP contribution is -2.25. The molecule has 1 atom stereocenters. The maximum absolute atomic E-state index is 11.5. The molecule has 0 heterocycles. The zero-order valence-corrected chi connectivity index (χ0v) is 11.5. The van der Waals surface area contributed by atoms with Gasteiger partial charge in [0.05, 0.1) is 24.0 Å². The predicted molar refractivity (Wildman–Crippen MR) is 74.7 cm³/mol. The Morgan fingerprint density at radius 3 is 2.61 bits per heavy atom. The quantitative estimate of drug-likeness (QED) is 0.623. The molecule has 1 rings (SSSR count). The van der Waals surface area contributed by atoms with E-state index in [9.17, 15) is 4.79 Å². The maximum Gasteiger partial charge on any atom is 0.340 e. The Balaban J connectivity index is 3.00. The predicted octanol–water partition coefficient (Wildman–Crippen LogP) is 2.90. The highest BCUT2D eigenvalue weighted by atomic mass is 16.5. The van der Waals surface area contributed by atoms with Gasteiger partial charge in [-0.15, -0.1) is 0 Å². The standard InChI is InChI=1S/C14H22N2O2/c1-5-11(9(2)3)16-12-8-6-7-10(13(12)15)14(17)18-4/h6-9,11,16H,5,15H2,1-4H3. The number of carbonyl (C=O) groups is 1. The second-order valence-corrected chi connectivity index (χ2v) is 4.66. The van der Waals surface area contributed by atoms with Gasteiger partial charge in [0.25, 0.3) is 0 Å². The second kappa shape index (κ2) is 6.28. The molecule has 0 saturated heterocycles. The Morgan fingerprint density at radius 1 is 1.44 bits per heavy atom. The Kier molecular flexibility index (Phi) is 5.01. The Morgan fingerprint density at radius 2 is 2.11 bits per heavy atom. The first-order valence-electron chi connectivity index (χ1n) is 6.24. The second-order valence-electron chi connectivity index (χ2n) is 4.66. The molecule has 18 heavy (non-hydrogen) atoms. The van der Waals surface area contributed by atoms with Gasteiger partial charge < -0.3 is 15.8 Å². The highest BCUT2D eigenvalue weighted by Gasteiger charge is 2.16. The number of anilines is 2. The molecule has 0 aliphatic carbocycles. The van der Waals surface area contributed by atoms with Crippen molar-refractivity contribution in [2.75, 3.05) is 18.2 Å². The van der Waals surface area contributed by atoms with E-state index < -0.39 is 5.97 Å². The first kappa shape index (κ1) is 14.4. The largest absolute Gasteiger partial charge is 0.465 e. The smallest absolute Gasteiger partial charge is 0.340 e. The maximum atomic E-state index is 11.5. The summed E-state index contributed by atoms with van der Waals surface area (Å²) in [7, 11) is 1.35. The van der Waals surface area contributed by atoms with Crippen LogP contribution in [-0.2, 0) is 4.74 Å². The van der Waals surface area contributed by atoms with Crippen molar-refractivity contribution in [3.63, 3.8) is 0 Å². The number of benzene rings is 1. The number of para-hydroxylation sites is 1. The summed E-state index contributed by atoms with van der Waals surface area (Å²) in [4.78, 5) is 11.5. The lowest BCUT2D eigenvalue weighted by molar-refractivity contribution is 0.0602. The van der Waals surface area contributed by atoms with E-state index in [1.165, 1.54) is 7.11 Å². The van der Waals surface area contributed by atoms with Crippen molar-refractivity contribution >= 4 is 17.3 Å². The minimum atomic E-state index is -0.409. The van der Waals surface area contributed by atoms with Crippen molar-refractivity contribution < 1.29 is 9.53 Å². The molecule has 100 valence electrons. The van der Waals surface area contributed by atoms with Gasteiger partial charge in [-0.1, -0.05) is 26.8 Å². The van der Waals surface area contributed by atoms with Crippen LogP contribution in [0.1, 0.15) is 37.6 Å². The monoisotopic (exact) mass is 250 g/mol. The lowest BCUT2D eigenvalue weighted by Gasteiger charge is -2.23. The van der Waals surface area contributed by atoms with Crippen LogP contribution in [0.4, 0.5) is 11.4 Å². The molecule has 0 saturated carbocycles. The van der Waals surface area contributed by atoms with Crippen LogP contribution in [-0.4, -0.2) is 19.1 Å². The molecular formula is C14H22N2O2. The number of hydrogen-bond acceptors (Lipinski definition) is 4. The first-order valence-corrected chi connectivity index (χ1v) is 6.24. The van der Waals surface area contributed by atoms with E-state index >= 15 is 0 Å². The number of methoxy groups -OCH3 is 1. The van der Waals surface area contributed by atoms with E-state index in [1.807, 2.05) is 6.07 Å². The summed E-state index contributed by atoms with van der Waals surface area (Å²) in [5.41, 5.74) is 7.64. The lowest BCUT2D eigenvalue weighted by atomic mass is 10.0. The van der Waals surface area contributed by atoms with Gasteiger partial charge in [-0.3, -0.25) is 0 Å². The highest BCUT2D eigenvalue weighted by Crippen LogP contribution is 2.25. The molecule has 1 aromatic rings. The molecule has 0 fully saturated rings. The van der Waals surface area contributed by atoms with Crippen molar-refractivity contribution in [3.8, 4) is 0 Å². The van der Waals surface area contributed by atoms with E-state index in [1.54, 1.807) is 12.1 Å². The number of carbonyl (C=O) groups excluding carboxylic acids is 1. The minimum Gasteiger partial charge on any atom is -0.465 e. The fraction of sp³-hybridized carbons (Fsp3) is 0.500. The highest BCUT2D eigenvalue weighted by molar-refractivity contribution is 5.98. The zero-order valence-electron chi connectivity index (χ0n) is 11.5. The van der Waals surface area contributed by atoms with Crippen LogP contribution in [0.25, 0.3) is 0 Å². The fourth-order valence-corrected chi connectivity index (χ4v) is 1.92. The summed E-state index contributed by atoms with van der Waals surface area (Å²) in [6, 6.07) is 5.69.